The smallest absolute Gasteiger partial charge is 0.278 e. The summed E-state index contributed by atoms with van der Waals surface area (Å²) in [6.45, 7) is 3.50. The maximum atomic E-state index is 12.9. The van der Waals surface area contributed by atoms with Gasteiger partial charge in [0, 0.05) is 43.9 Å². The zero-order valence-electron chi connectivity index (χ0n) is 15.5. The normalized spacial score (nSPS) is 32.3. The minimum absolute atomic E-state index is 0.393. The Morgan fingerprint density at radius 2 is 2.04 bits per heavy atom. The summed E-state index contributed by atoms with van der Waals surface area (Å²) in [5.74, 6) is -1.98. The summed E-state index contributed by atoms with van der Waals surface area (Å²) < 4.78 is 31.1. The molecule has 0 radical (unpaired) electrons. The maximum absolute atomic E-state index is 12.9. The van der Waals surface area contributed by atoms with E-state index in [0.29, 0.717) is 16.7 Å². The average molecular weight is 386 g/mol. The van der Waals surface area contributed by atoms with Crippen LogP contribution in [0.1, 0.15) is 49.6 Å². The number of halogens is 2. The minimum atomic E-state index is -2.82. The molecule has 2 N–H and O–H groups in total. The van der Waals surface area contributed by atoms with E-state index in [-0.39, 0.29) is 0 Å². The fourth-order valence-electron chi connectivity index (χ4n) is 4.65. The fourth-order valence-corrected chi connectivity index (χ4v) is 5.59. The van der Waals surface area contributed by atoms with Gasteiger partial charge in [0.15, 0.2) is 6.61 Å². The predicted molar refractivity (Wildman–Crippen MR) is 99.1 cm³/mol. The molecule has 4 nitrogen and oxygen atoms in total. The molecule has 4 rings (SSSR count). The molecule has 0 aromatic carbocycles. The molecule has 0 amide bonds. The number of alkyl halides is 2. The largest absolute Gasteiger partial charge is 0.464 e. The van der Waals surface area contributed by atoms with E-state index in [4.69, 9.17) is 10.5 Å². The van der Waals surface area contributed by atoms with Crippen molar-refractivity contribution in [2.24, 2.45) is 17.1 Å². The Morgan fingerprint density at radius 1 is 1.31 bits per heavy atom. The van der Waals surface area contributed by atoms with Gasteiger partial charge in [0.05, 0.1) is 5.69 Å². The first-order valence-electron chi connectivity index (χ1n) is 9.80. The average Bonchev–Trinajstić information content (AvgIpc) is 3.15. The number of thiazole rings is 1. The van der Waals surface area contributed by atoms with Crippen LogP contribution in [-0.2, 0) is 12.8 Å². The third-order valence-corrected chi connectivity index (χ3v) is 7.46. The third kappa shape index (κ3) is 4.20. The highest BCUT2D eigenvalue weighted by Crippen LogP contribution is 2.61. The van der Waals surface area contributed by atoms with Gasteiger partial charge in [-0.15, -0.1) is 0 Å². The molecule has 146 valence electrons. The van der Waals surface area contributed by atoms with E-state index in [0.717, 1.165) is 44.5 Å². The van der Waals surface area contributed by atoms with Gasteiger partial charge >= 0.3 is 0 Å². The number of nitrogens with two attached hydrogens (primary N) is 1. The summed E-state index contributed by atoms with van der Waals surface area (Å²) in [5, 5.41) is 0.393. The quantitative estimate of drug-likeness (QED) is 0.843. The number of fused-ring (bicyclic) bond motifs is 1. The van der Waals surface area contributed by atoms with Crippen LogP contribution in [0.5, 0.6) is 5.19 Å². The Bertz CT molecular complexity index is 612. The standard InChI is InChI=1S/C19H29F2N3OS/c1-18(20,21)12-25-17-23-15-4-8-24(9-5-16(15)26-17)11-13-10-19(13)6-2-14(22)3-7-19/h13-14H,2-12,22H2,1H3/t13-,14?,19?/m0/s1. The molecule has 7 heteroatoms. The lowest BCUT2D eigenvalue weighted by atomic mass is 9.82. The van der Waals surface area contributed by atoms with E-state index in [1.807, 2.05) is 0 Å². The van der Waals surface area contributed by atoms with Gasteiger partial charge in [-0.25, -0.2) is 13.8 Å². The molecule has 0 saturated heterocycles. The summed E-state index contributed by atoms with van der Waals surface area (Å²) in [6.07, 6.45) is 8.22. The second kappa shape index (κ2) is 6.99. The minimum Gasteiger partial charge on any atom is -0.464 e. The molecule has 0 unspecified atom stereocenters. The summed E-state index contributed by atoms with van der Waals surface area (Å²) >= 11 is 1.44. The van der Waals surface area contributed by atoms with Crippen molar-refractivity contribution in [3.05, 3.63) is 10.6 Å². The topological polar surface area (TPSA) is 51.4 Å². The highest BCUT2D eigenvalue weighted by atomic mass is 32.1. The molecule has 1 atom stereocenters. The molecule has 2 aliphatic carbocycles. The van der Waals surface area contributed by atoms with Crippen LogP contribution in [-0.4, -0.2) is 48.1 Å². The van der Waals surface area contributed by atoms with Crippen LogP contribution in [0.3, 0.4) is 0 Å². The van der Waals surface area contributed by atoms with Gasteiger partial charge in [-0.1, -0.05) is 11.3 Å². The third-order valence-electron chi connectivity index (χ3n) is 6.39. The Kier molecular flexibility index (Phi) is 4.99. The number of hydrogen-bond donors (Lipinski definition) is 1. The van der Waals surface area contributed by atoms with Gasteiger partial charge in [-0.05, 0) is 49.9 Å². The van der Waals surface area contributed by atoms with Crippen molar-refractivity contribution < 1.29 is 13.5 Å². The molecule has 0 bridgehead atoms. The highest BCUT2D eigenvalue weighted by molar-refractivity contribution is 7.13. The van der Waals surface area contributed by atoms with E-state index in [2.05, 4.69) is 9.88 Å². The van der Waals surface area contributed by atoms with Crippen LogP contribution in [0.25, 0.3) is 0 Å². The van der Waals surface area contributed by atoms with Crippen molar-refractivity contribution in [1.29, 1.82) is 0 Å². The van der Waals surface area contributed by atoms with Gasteiger partial charge in [0.25, 0.3) is 11.1 Å². The molecule has 3 aliphatic rings. The van der Waals surface area contributed by atoms with Crippen molar-refractivity contribution in [2.75, 3.05) is 26.2 Å². The van der Waals surface area contributed by atoms with Gasteiger partial charge in [-0.3, -0.25) is 0 Å². The van der Waals surface area contributed by atoms with Crippen LogP contribution in [0, 0.1) is 11.3 Å². The molecule has 1 aromatic rings. The number of aromatic nitrogens is 1. The van der Waals surface area contributed by atoms with E-state index < -0.39 is 12.5 Å². The van der Waals surface area contributed by atoms with Crippen LogP contribution in [0.4, 0.5) is 8.78 Å². The molecule has 26 heavy (non-hydrogen) atoms. The SMILES string of the molecule is CC(F)(F)COc1nc2c(s1)CCN(C[C@@H]1CC13CCC(N)CC3)CC2. The lowest BCUT2D eigenvalue weighted by Crippen LogP contribution is -2.32. The van der Waals surface area contributed by atoms with E-state index in [1.165, 1.54) is 54.9 Å². The summed E-state index contributed by atoms with van der Waals surface area (Å²) in [6, 6.07) is 0.422. The monoisotopic (exact) mass is 385 g/mol. The molecule has 2 fully saturated rings. The maximum Gasteiger partial charge on any atom is 0.278 e. The van der Waals surface area contributed by atoms with E-state index >= 15 is 0 Å². The lowest BCUT2D eigenvalue weighted by Gasteiger charge is -2.28. The van der Waals surface area contributed by atoms with Gasteiger partial charge in [0.1, 0.15) is 0 Å². The van der Waals surface area contributed by atoms with Gasteiger partial charge < -0.3 is 15.4 Å². The van der Waals surface area contributed by atoms with E-state index in [9.17, 15) is 8.78 Å². The van der Waals surface area contributed by atoms with Crippen molar-refractivity contribution in [3.63, 3.8) is 0 Å². The van der Waals surface area contributed by atoms with Crippen molar-refractivity contribution in [3.8, 4) is 5.19 Å². The van der Waals surface area contributed by atoms with Gasteiger partial charge in [0.2, 0.25) is 0 Å². The molecule has 1 spiro atoms. The van der Waals surface area contributed by atoms with Crippen molar-refractivity contribution in [2.45, 2.75) is 63.8 Å². The predicted octanol–water partition coefficient (Wildman–Crippen LogP) is 3.49. The fraction of sp³-hybridized carbons (Fsp3) is 0.842. The van der Waals surface area contributed by atoms with Crippen LogP contribution < -0.4 is 10.5 Å². The first-order chi connectivity index (χ1) is 12.3. The molecule has 1 aliphatic heterocycles. The van der Waals surface area contributed by atoms with Crippen LogP contribution >= 0.6 is 11.3 Å². The Hall–Kier alpha value is -0.790. The Morgan fingerprint density at radius 3 is 2.77 bits per heavy atom. The second-order valence-corrected chi connectivity index (χ2v) is 9.66. The Labute approximate surface area is 158 Å². The summed E-state index contributed by atoms with van der Waals surface area (Å²) in [7, 11) is 0. The first kappa shape index (κ1) is 18.6. The number of ether oxygens (including phenoxy) is 1. The first-order valence-corrected chi connectivity index (χ1v) is 10.6. The van der Waals surface area contributed by atoms with Crippen LogP contribution in [0.2, 0.25) is 0 Å². The summed E-state index contributed by atoms with van der Waals surface area (Å²) in [5.41, 5.74) is 7.70. The molecule has 2 saturated carbocycles. The van der Waals surface area contributed by atoms with Crippen LogP contribution in [0.15, 0.2) is 0 Å². The molecular formula is C19H29F2N3OS. The zero-order valence-corrected chi connectivity index (χ0v) is 16.3. The zero-order chi connectivity index (χ0) is 18.4. The lowest BCUT2D eigenvalue weighted by molar-refractivity contribution is -0.0230. The van der Waals surface area contributed by atoms with E-state index in [1.54, 1.807) is 0 Å². The van der Waals surface area contributed by atoms with Gasteiger partial charge in [-0.2, -0.15) is 0 Å². The number of rotatable bonds is 5. The summed E-state index contributed by atoms with van der Waals surface area (Å²) in [4.78, 5) is 8.23. The molecule has 1 aromatic heterocycles. The number of hydrogen-bond acceptors (Lipinski definition) is 5. The van der Waals surface area contributed by atoms with Crippen molar-refractivity contribution in [1.82, 2.24) is 9.88 Å². The van der Waals surface area contributed by atoms with Crippen molar-refractivity contribution >= 4 is 11.3 Å². The second-order valence-electron chi connectivity index (χ2n) is 8.61. The Balaban J connectivity index is 1.27. The number of nitrogens with zero attached hydrogens (tertiary/aromatic N) is 2. The highest BCUT2D eigenvalue weighted by Gasteiger charge is 2.54. The molecular weight excluding hydrogens is 356 g/mol. The molecule has 2 heterocycles.